The van der Waals surface area contributed by atoms with E-state index in [0.29, 0.717) is 11.4 Å². The number of carbonyl (C=O) groups excluding carboxylic acids is 1. The molecule has 2 nitrogen and oxygen atoms in total. The van der Waals surface area contributed by atoms with Crippen LogP contribution in [0, 0.1) is 5.41 Å². The van der Waals surface area contributed by atoms with Gasteiger partial charge in [-0.15, -0.1) is 0 Å². The second kappa shape index (κ2) is 6.22. The molecule has 1 aliphatic heterocycles. The Labute approximate surface area is 170 Å². The van der Waals surface area contributed by atoms with Crippen LogP contribution in [0.2, 0.25) is 5.02 Å². The largest absolute Gasteiger partial charge is 0.373 e. The molecule has 0 saturated heterocycles. The van der Waals surface area contributed by atoms with Crippen molar-refractivity contribution < 1.29 is 4.79 Å². The topological polar surface area (TPSA) is 29.1 Å². The van der Waals surface area contributed by atoms with Gasteiger partial charge in [-0.3, -0.25) is 4.79 Å². The number of hydrogen-bond donors (Lipinski definition) is 1. The van der Waals surface area contributed by atoms with Crippen LogP contribution in [0.25, 0.3) is 16.3 Å². The van der Waals surface area contributed by atoms with Crippen molar-refractivity contribution in [1.82, 2.24) is 0 Å². The molecule has 3 heteroatoms. The smallest absolute Gasteiger partial charge is 0.162 e. The molecule has 0 bridgehead atoms. The number of nitrogens with one attached hydrogen (secondary N) is 1. The molecule has 0 amide bonds. The van der Waals surface area contributed by atoms with Crippen molar-refractivity contribution in [2.45, 2.75) is 32.7 Å². The molecule has 2 aliphatic rings. The third-order valence-electron chi connectivity index (χ3n) is 5.94. The summed E-state index contributed by atoms with van der Waals surface area (Å²) in [4.78, 5) is 13.3. The summed E-state index contributed by atoms with van der Waals surface area (Å²) in [5, 5.41) is 6.78. The third kappa shape index (κ3) is 2.75. The second-order valence-electron chi connectivity index (χ2n) is 8.67. The van der Waals surface area contributed by atoms with Crippen LogP contribution in [0.4, 0.5) is 5.69 Å². The monoisotopic (exact) mass is 387 g/mol. The summed E-state index contributed by atoms with van der Waals surface area (Å²) < 4.78 is 0. The molecule has 0 spiro atoms. The molecule has 1 unspecified atom stereocenters. The molecular formula is C25H22ClNO. The quantitative estimate of drug-likeness (QED) is 0.497. The van der Waals surface area contributed by atoms with E-state index in [4.69, 9.17) is 11.6 Å². The van der Waals surface area contributed by atoms with Crippen LogP contribution < -0.4 is 5.32 Å². The average molecular weight is 388 g/mol. The van der Waals surface area contributed by atoms with Crippen molar-refractivity contribution in [3.8, 4) is 0 Å². The Morgan fingerprint density at radius 1 is 0.964 bits per heavy atom. The van der Waals surface area contributed by atoms with Gasteiger partial charge in [0.1, 0.15) is 0 Å². The maximum Gasteiger partial charge on any atom is 0.162 e. The number of halogens is 1. The highest BCUT2D eigenvalue weighted by molar-refractivity contribution is 6.30. The van der Waals surface area contributed by atoms with Gasteiger partial charge in [-0.2, -0.15) is 0 Å². The van der Waals surface area contributed by atoms with Crippen LogP contribution in [0.3, 0.4) is 0 Å². The number of allylic oxidation sites excluding steroid dienone is 1. The highest BCUT2D eigenvalue weighted by Crippen LogP contribution is 2.51. The Bertz CT molecular complexity index is 1140. The van der Waals surface area contributed by atoms with Gasteiger partial charge in [0, 0.05) is 28.3 Å². The molecule has 0 radical (unpaired) electrons. The van der Waals surface area contributed by atoms with E-state index >= 15 is 0 Å². The van der Waals surface area contributed by atoms with E-state index in [9.17, 15) is 4.79 Å². The van der Waals surface area contributed by atoms with Gasteiger partial charge in [0.05, 0.1) is 6.04 Å². The molecule has 1 aliphatic carbocycles. The first kappa shape index (κ1) is 17.5. The minimum Gasteiger partial charge on any atom is -0.373 e. The summed E-state index contributed by atoms with van der Waals surface area (Å²) in [6, 6.07) is 20.4. The summed E-state index contributed by atoms with van der Waals surface area (Å²) in [7, 11) is 0. The molecular weight excluding hydrogens is 366 g/mol. The molecule has 5 rings (SSSR count). The minimum absolute atomic E-state index is 0.0357. The number of fused-ring (bicyclic) bond motifs is 4. The molecule has 3 aromatic carbocycles. The first-order chi connectivity index (χ1) is 13.4. The third-order valence-corrected chi connectivity index (χ3v) is 6.19. The zero-order valence-corrected chi connectivity index (χ0v) is 16.8. The van der Waals surface area contributed by atoms with Crippen LogP contribution in [-0.2, 0) is 4.79 Å². The lowest BCUT2D eigenvalue weighted by Crippen LogP contribution is -2.33. The van der Waals surface area contributed by atoms with Gasteiger partial charge >= 0.3 is 0 Å². The number of benzene rings is 3. The van der Waals surface area contributed by atoms with Crippen LogP contribution in [0.1, 0.15) is 43.9 Å². The van der Waals surface area contributed by atoms with Gasteiger partial charge < -0.3 is 5.32 Å². The zero-order valence-electron chi connectivity index (χ0n) is 16.1. The summed E-state index contributed by atoms with van der Waals surface area (Å²) in [5.41, 5.74) is 5.45. The number of rotatable bonds is 1. The highest BCUT2D eigenvalue weighted by Gasteiger charge is 2.40. The molecule has 1 atom stereocenters. The summed E-state index contributed by atoms with van der Waals surface area (Å²) in [6.45, 7) is 4.39. The Balaban J connectivity index is 1.79. The molecule has 3 aromatic rings. The van der Waals surface area contributed by atoms with Crippen LogP contribution in [0.15, 0.2) is 66.2 Å². The average Bonchev–Trinajstić information content (AvgIpc) is 2.66. The first-order valence-corrected chi connectivity index (χ1v) is 10.1. The van der Waals surface area contributed by atoms with E-state index < -0.39 is 0 Å². The number of Topliss-reactive ketones (excluding diaryl/α,β-unsaturated/α-hetero) is 1. The lowest BCUT2D eigenvalue weighted by Gasteiger charge is -2.40. The molecule has 1 heterocycles. The Hall–Kier alpha value is -2.58. The van der Waals surface area contributed by atoms with Gasteiger partial charge in [0.2, 0.25) is 0 Å². The molecule has 1 N–H and O–H groups in total. The fourth-order valence-corrected chi connectivity index (χ4v) is 4.87. The number of ketones is 1. The fraction of sp³-hybridized carbons (Fsp3) is 0.240. The van der Waals surface area contributed by atoms with Crippen molar-refractivity contribution >= 4 is 39.4 Å². The lowest BCUT2D eigenvalue weighted by atomic mass is 9.68. The Morgan fingerprint density at radius 3 is 2.50 bits per heavy atom. The van der Waals surface area contributed by atoms with Gasteiger partial charge in [-0.25, -0.2) is 0 Å². The van der Waals surface area contributed by atoms with E-state index in [1.807, 2.05) is 24.3 Å². The lowest BCUT2D eigenvalue weighted by molar-refractivity contribution is -0.118. The van der Waals surface area contributed by atoms with Crippen molar-refractivity contribution in [2.24, 2.45) is 5.41 Å². The number of hydrogen-bond acceptors (Lipinski definition) is 2. The molecule has 0 aromatic heterocycles. The highest BCUT2D eigenvalue weighted by atomic mass is 35.5. The number of carbonyl (C=O) groups is 1. The summed E-state index contributed by atoms with van der Waals surface area (Å²) >= 11 is 6.10. The summed E-state index contributed by atoms with van der Waals surface area (Å²) in [5.74, 6) is 0.247. The fourth-order valence-electron chi connectivity index (χ4n) is 4.74. The SMILES string of the molecule is CC1(C)CC(=O)C2=C(C1)c1c(ccc3ccccc13)NC2c1ccc(Cl)cc1. The predicted molar refractivity (Wildman–Crippen MR) is 117 cm³/mol. The zero-order chi connectivity index (χ0) is 19.5. The van der Waals surface area contributed by atoms with Crippen molar-refractivity contribution in [3.63, 3.8) is 0 Å². The van der Waals surface area contributed by atoms with E-state index in [-0.39, 0.29) is 17.2 Å². The Morgan fingerprint density at radius 2 is 1.71 bits per heavy atom. The molecule has 28 heavy (non-hydrogen) atoms. The molecule has 140 valence electrons. The van der Waals surface area contributed by atoms with E-state index in [1.54, 1.807) is 0 Å². The van der Waals surface area contributed by atoms with Crippen LogP contribution >= 0.6 is 11.6 Å². The van der Waals surface area contributed by atoms with Gasteiger partial charge in [0.15, 0.2) is 5.78 Å². The van der Waals surface area contributed by atoms with Gasteiger partial charge in [-0.1, -0.05) is 67.9 Å². The number of anilines is 1. The van der Waals surface area contributed by atoms with Gasteiger partial charge in [0.25, 0.3) is 0 Å². The van der Waals surface area contributed by atoms with E-state index in [2.05, 4.69) is 55.6 Å². The van der Waals surface area contributed by atoms with Crippen molar-refractivity contribution in [3.05, 3.63) is 82.4 Å². The predicted octanol–water partition coefficient (Wildman–Crippen LogP) is 6.80. The minimum atomic E-state index is -0.135. The van der Waals surface area contributed by atoms with E-state index in [1.165, 1.54) is 21.9 Å². The molecule has 0 fully saturated rings. The van der Waals surface area contributed by atoms with Gasteiger partial charge in [-0.05, 0) is 51.9 Å². The Kier molecular flexibility index (Phi) is 3.89. The maximum absolute atomic E-state index is 13.3. The summed E-state index contributed by atoms with van der Waals surface area (Å²) in [6.07, 6.45) is 1.48. The molecule has 0 saturated carbocycles. The standard InChI is InChI=1S/C25H22ClNO/c1-25(2)13-19-22-18-6-4-3-5-15(18)9-12-20(22)27-24(23(19)21(28)14-25)16-7-10-17(26)11-8-16/h3-12,24,27H,13-14H2,1-2H3. The van der Waals surface area contributed by atoms with Crippen molar-refractivity contribution in [1.29, 1.82) is 0 Å². The van der Waals surface area contributed by atoms with Crippen LogP contribution in [-0.4, -0.2) is 5.78 Å². The van der Waals surface area contributed by atoms with Crippen molar-refractivity contribution in [2.75, 3.05) is 5.32 Å². The maximum atomic E-state index is 13.3. The van der Waals surface area contributed by atoms with Crippen LogP contribution in [0.5, 0.6) is 0 Å². The normalized spacial score (nSPS) is 20.5. The first-order valence-electron chi connectivity index (χ1n) is 9.73. The second-order valence-corrected chi connectivity index (χ2v) is 9.11. The van der Waals surface area contributed by atoms with E-state index in [0.717, 1.165) is 23.2 Å².